The van der Waals surface area contributed by atoms with Crippen LogP contribution in [0.1, 0.15) is 54.3 Å². The maximum absolute atomic E-state index is 12.3. The Morgan fingerprint density at radius 2 is 1.20 bits per heavy atom. The zero-order valence-electron chi connectivity index (χ0n) is 20.7. The van der Waals surface area contributed by atoms with Crippen LogP contribution in [-0.4, -0.2) is 71.9 Å². The van der Waals surface area contributed by atoms with E-state index in [9.17, 15) is 19.2 Å². The molecule has 1 fully saturated rings. The number of carbonyl (C=O) groups is 4. The Balaban J connectivity index is 1.35. The van der Waals surface area contributed by atoms with Gasteiger partial charge in [0.05, 0.1) is 0 Å². The summed E-state index contributed by atoms with van der Waals surface area (Å²) in [5.74, 6) is -0.110. The molecule has 8 nitrogen and oxygen atoms in total. The van der Waals surface area contributed by atoms with Crippen molar-refractivity contribution in [2.24, 2.45) is 0 Å². The molecule has 0 spiro atoms. The molecule has 0 aromatic heterocycles. The second-order valence-electron chi connectivity index (χ2n) is 9.05. The number of rotatable bonds is 10. The minimum absolute atomic E-state index is 0.00258. The lowest BCUT2D eigenvalue weighted by atomic mass is 10.1. The Labute approximate surface area is 206 Å². The van der Waals surface area contributed by atoms with Gasteiger partial charge in [-0.05, 0) is 69.3 Å². The largest absolute Gasteiger partial charge is 0.326 e. The van der Waals surface area contributed by atoms with Crippen molar-refractivity contribution >= 4 is 34.8 Å². The zero-order valence-corrected chi connectivity index (χ0v) is 20.7. The van der Waals surface area contributed by atoms with Crippen molar-refractivity contribution in [1.82, 2.24) is 9.80 Å². The molecule has 0 bridgehead atoms. The van der Waals surface area contributed by atoms with E-state index in [1.807, 2.05) is 0 Å². The molecule has 0 radical (unpaired) electrons. The van der Waals surface area contributed by atoms with Crippen LogP contribution in [0.3, 0.4) is 0 Å². The quantitative estimate of drug-likeness (QED) is 0.508. The molecule has 1 saturated heterocycles. The number of anilines is 2. The van der Waals surface area contributed by atoms with E-state index in [2.05, 4.69) is 27.4 Å². The molecule has 1 atom stereocenters. The summed E-state index contributed by atoms with van der Waals surface area (Å²) in [6, 6.07) is 14.1. The smallest absolute Gasteiger partial charge is 0.225 e. The number of ketones is 2. The van der Waals surface area contributed by atoms with E-state index in [1.54, 1.807) is 48.5 Å². The summed E-state index contributed by atoms with van der Waals surface area (Å²) in [5, 5.41) is 5.76. The number of nitrogens with zero attached hydrogens (tertiary/aromatic N) is 2. The van der Waals surface area contributed by atoms with Crippen molar-refractivity contribution < 1.29 is 19.2 Å². The van der Waals surface area contributed by atoms with Crippen LogP contribution < -0.4 is 10.6 Å². The number of Topliss-reactive ketones (excluding diaryl/α,β-unsaturated/α-hetero) is 2. The summed E-state index contributed by atoms with van der Waals surface area (Å²) in [6.07, 6.45) is 0.787. The molecule has 3 rings (SSSR count). The van der Waals surface area contributed by atoms with Crippen molar-refractivity contribution in [3.8, 4) is 0 Å². The highest BCUT2D eigenvalue weighted by molar-refractivity contribution is 5.96. The Kier molecular flexibility index (Phi) is 9.28. The molecule has 0 aliphatic carbocycles. The summed E-state index contributed by atoms with van der Waals surface area (Å²) in [6.45, 7) is 9.04. The van der Waals surface area contributed by atoms with E-state index in [0.29, 0.717) is 48.4 Å². The number of carbonyl (C=O) groups excluding carboxylic acids is 4. The second kappa shape index (κ2) is 12.4. The number of hydrogen-bond acceptors (Lipinski definition) is 6. The molecule has 2 N–H and O–H groups in total. The van der Waals surface area contributed by atoms with Gasteiger partial charge in [-0.25, -0.2) is 0 Å². The summed E-state index contributed by atoms with van der Waals surface area (Å²) in [5.41, 5.74) is 2.61. The third-order valence-corrected chi connectivity index (χ3v) is 6.28. The first-order valence-electron chi connectivity index (χ1n) is 12.0. The fourth-order valence-electron chi connectivity index (χ4n) is 4.13. The molecule has 2 aromatic carbocycles. The average molecular weight is 479 g/mol. The normalized spacial score (nSPS) is 16.5. The van der Waals surface area contributed by atoms with E-state index in [1.165, 1.54) is 13.8 Å². The van der Waals surface area contributed by atoms with Crippen molar-refractivity contribution in [2.45, 2.75) is 39.7 Å². The second-order valence-corrected chi connectivity index (χ2v) is 9.05. The number of amides is 2. The van der Waals surface area contributed by atoms with Gasteiger partial charge in [0.15, 0.2) is 11.6 Å². The number of piperazine rings is 1. The molecule has 1 heterocycles. The highest BCUT2D eigenvalue weighted by Crippen LogP contribution is 2.14. The van der Waals surface area contributed by atoms with Crippen LogP contribution in [0.15, 0.2) is 48.5 Å². The molecule has 186 valence electrons. The van der Waals surface area contributed by atoms with Crippen molar-refractivity contribution in [3.05, 3.63) is 59.7 Å². The van der Waals surface area contributed by atoms with E-state index >= 15 is 0 Å². The van der Waals surface area contributed by atoms with Crippen LogP contribution in [0.25, 0.3) is 0 Å². The first kappa shape index (κ1) is 26.2. The lowest BCUT2D eigenvalue weighted by Crippen LogP contribution is -2.52. The van der Waals surface area contributed by atoms with E-state index < -0.39 is 0 Å². The van der Waals surface area contributed by atoms with Gasteiger partial charge in [-0.2, -0.15) is 0 Å². The van der Waals surface area contributed by atoms with E-state index in [4.69, 9.17) is 0 Å². The molecule has 8 heteroatoms. The van der Waals surface area contributed by atoms with Gasteiger partial charge in [0.1, 0.15) is 0 Å². The summed E-state index contributed by atoms with van der Waals surface area (Å²) < 4.78 is 0. The Morgan fingerprint density at radius 3 is 1.63 bits per heavy atom. The number of hydrogen-bond donors (Lipinski definition) is 2. The average Bonchev–Trinajstić information content (AvgIpc) is 2.83. The molecule has 1 aliphatic rings. The van der Waals surface area contributed by atoms with Crippen LogP contribution in [0.4, 0.5) is 11.4 Å². The van der Waals surface area contributed by atoms with Gasteiger partial charge in [0.25, 0.3) is 0 Å². The van der Waals surface area contributed by atoms with Crippen LogP contribution >= 0.6 is 0 Å². The molecule has 0 saturated carbocycles. The van der Waals surface area contributed by atoms with Crippen molar-refractivity contribution in [1.29, 1.82) is 0 Å². The summed E-state index contributed by atoms with van der Waals surface area (Å²) >= 11 is 0. The lowest BCUT2D eigenvalue weighted by Gasteiger charge is -2.39. The van der Waals surface area contributed by atoms with E-state index in [-0.39, 0.29) is 29.4 Å². The molecular formula is C27H34N4O4. The zero-order chi connectivity index (χ0) is 25.4. The molecule has 1 aliphatic heterocycles. The highest BCUT2D eigenvalue weighted by Gasteiger charge is 2.24. The first-order valence-corrected chi connectivity index (χ1v) is 12.0. The lowest BCUT2D eigenvalue weighted by molar-refractivity contribution is -0.118. The molecule has 1 unspecified atom stereocenters. The number of benzene rings is 2. The third-order valence-electron chi connectivity index (χ3n) is 6.28. The van der Waals surface area contributed by atoms with Crippen LogP contribution in [-0.2, 0) is 9.59 Å². The predicted octanol–water partition coefficient (Wildman–Crippen LogP) is 3.46. The van der Waals surface area contributed by atoms with E-state index in [0.717, 1.165) is 19.6 Å². The SMILES string of the molecule is CC(=O)c1ccc(NC(=O)CCN2CCN(CCC(=O)Nc3ccc(C(C)=O)cc3)C(C)C2)cc1. The topological polar surface area (TPSA) is 98.8 Å². The third kappa shape index (κ3) is 8.12. The predicted molar refractivity (Wildman–Crippen MR) is 137 cm³/mol. The highest BCUT2D eigenvalue weighted by atomic mass is 16.2. The van der Waals surface area contributed by atoms with Gasteiger partial charge in [0.2, 0.25) is 11.8 Å². The van der Waals surface area contributed by atoms with Gasteiger partial charge in [-0.3, -0.25) is 24.1 Å². The molecular weight excluding hydrogens is 444 g/mol. The van der Waals surface area contributed by atoms with Crippen LogP contribution in [0.5, 0.6) is 0 Å². The number of nitrogens with one attached hydrogen (secondary N) is 2. The Morgan fingerprint density at radius 1 is 0.743 bits per heavy atom. The summed E-state index contributed by atoms with van der Waals surface area (Å²) in [7, 11) is 0. The standard InChI is InChI=1S/C27H34N4O4/c1-19-18-30(14-12-26(34)28-24-8-4-22(5-9-24)20(2)32)16-17-31(19)15-13-27(35)29-25-10-6-23(7-11-25)21(3)33/h4-11,19H,12-18H2,1-3H3,(H,28,34)(H,29,35). The van der Waals surface area contributed by atoms with Crippen molar-refractivity contribution in [3.63, 3.8) is 0 Å². The fourth-order valence-corrected chi connectivity index (χ4v) is 4.13. The Bertz CT molecular complexity index is 1050. The fraction of sp³-hybridized carbons (Fsp3) is 0.407. The van der Waals surface area contributed by atoms with Crippen LogP contribution in [0, 0.1) is 0 Å². The molecule has 2 aromatic rings. The van der Waals surface area contributed by atoms with Gasteiger partial charge >= 0.3 is 0 Å². The van der Waals surface area contributed by atoms with Gasteiger partial charge < -0.3 is 15.5 Å². The van der Waals surface area contributed by atoms with Gasteiger partial charge in [-0.1, -0.05) is 0 Å². The Hall–Kier alpha value is -3.36. The monoisotopic (exact) mass is 478 g/mol. The maximum Gasteiger partial charge on any atom is 0.225 e. The van der Waals surface area contributed by atoms with Crippen molar-refractivity contribution in [2.75, 3.05) is 43.4 Å². The summed E-state index contributed by atoms with van der Waals surface area (Å²) in [4.78, 5) is 52.0. The molecule has 2 amide bonds. The van der Waals surface area contributed by atoms with Gasteiger partial charge in [0, 0.05) is 74.1 Å². The maximum atomic E-state index is 12.3. The molecule has 35 heavy (non-hydrogen) atoms. The first-order chi connectivity index (χ1) is 16.7. The van der Waals surface area contributed by atoms with Crippen LogP contribution in [0.2, 0.25) is 0 Å². The minimum Gasteiger partial charge on any atom is -0.326 e. The minimum atomic E-state index is -0.0526. The van der Waals surface area contributed by atoms with Gasteiger partial charge in [-0.15, -0.1) is 0 Å².